The highest BCUT2D eigenvalue weighted by molar-refractivity contribution is 5.92. The number of aromatic nitrogens is 4. The summed E-state index contributed by atoms with van der Waals surface area (Å²) in [6.07, 6.45) is 3.45. The number of carbonyl (C=O) groups excluding carboxylic acids is 1. The molecule has 3 aromatic heterocycles. The predicted octanol–water partition coefficient (Wildman–Crippen LogP) is 0.814. The molecule has 1 amide bonds. The molecule has 1 aliphatic rings. The van der Waals surface area contributed by atoms with Crippen LogP contribution in [0.1, 0.15) is 21.7 Å². The second kappa shape index (κ2) is 8.89. The largest absolute Gasteiger partial charge is 0.368 e. The number of H-pyrrole nitrogens is 1. The number of pyridine rings is 2. The average Bonchev–Trinajstić information content (AvgIpc) is 2.80. The van der Waals surface area contributed by atoms with Gasteiger partial charge in [0.1, 0.15) is 11.2 Å². The van der Waals surface area contributed by atoms with Crippen molar-refractivity contribution in [3.63, 3.8) is 0 Å². The number of hydrogen-bond acceptors (Lipinski definition) is 7. The first-order valence-electron chi connectivity index (χ1n) is 9.94. The van der Waals surface area contributed by atoms with E-state index in [9.17, 15) is 9.59 Å². The Morgan fingerprint density at radius 3 is 2.71 bits per heavy atom. The molecule has 1 aliphatic heterocycles. The summed E-state index contributed by atoms with van der Waals surface area (Å²) < 4.78 is 0. The van der Waals surface area contributed by atoms with E-state index in [4.69, 9.17) is 6.57 Å². The fourth-order valence-corrected chi connectivity index (χ4v) is 3.56. The Balaban J connectivity index is 1.39. The summed E-state index contributed by atoms with van der Waals surface area (Å²) in [7, 11) is 1.59. The van der Waals surface area contributed by atoms with Crippen LogP contribution in [-0.4, -0.2) is 64.0 Å². The van der Waals surface area contributed by atoms with Crippen LogP contribution in [0.25, 0.3) is 16.0 Å². The van der Waals surface area contributed by atoms with Crippen LogP contribution in [0.2, 0.25) is 0 Å². The van der Waals surface area contributed by atoms with Gasteiger partial charge in [0.05, 0.1) is 29.3 Å². The summed E-state index contributed by atoms with van der Waals surface area (Å²) in [4.78, 5) is 47.4. The molecule has 4 rings (SSSR count). The van der Waals surface area contributed by atoms with Crippen molar-refractivity contribution in [1.82, 2.24) is 30.2 Å². The Hall–Kier alpha value is -3.84. The van der Waals surface area contributed by atoms with Gasteiger partial charge in [-0.1, -0.05) is 0 Å². The number of aromatic amines is 1. The SMILES string of the molecule is [C-]#[N+]Cc1cc2ncc(CN3CCN(c4ccc(C(=O)NC)nc4)CC3)nc2[nH]c1=O. The minimum absolute atomic E-state index is 0.0308. The molecular formula is C21H22N8O2. The Bertz CT molecular complexity index is 1190. The molecule has 0 saturated carbocycles. The van der Waals surface area contributed by atoms with Crippen LogP contribution in [0.4, 0.5) is 5.69 Å². The average molecular weight is 418 g/mol. The maximum atomic E-state index is 12.1. The van der Waals surface area contributed by atoms with Crippen LogP contribution < -0.4 is 15.8 Å². The second-order valence-corrected chi connectivity index (χ2v) is 7.28. The molecule has 0 bridgehead atoms. The van der Waals surface area contributed by atoms with Crippen LogP contribution in [0.3, 0.4) is 0 Å². The van der Waals surface area contributed by atoms with Gasteiger partial charge in [-0.15, -0.1) is 0 Å². The molecule has 4 heterocycles. The van der Waals surface area contributed by atoms with Gasteiger partial charge >= 0.3 is 0 Å². The highest BCUT2D eigenvalue weighted by Gasteiger charge is 2.19. The molecule has 158 valence electrons. The van der Waals surface area contributed by atoms with Gasteiger partial charge in [-0.05, 0) is 18.2 Å². The number of fused-ring (bicyclic) bond motifs is 1. The molecule has 10 nitrogen and oxygen atoms in total. The number of hydrogen-bond donors (Lipinski definition) is 2. The molecule has 0 unspecified atom stereocenters. The number of nitrogens with one attached hydrogen (secondary N) is 2. The fourth-order valence-electron chi connectivity index (χ4n) is 3.56. The third-order valence-electron chi connectivity index (χ3n) is 5.27. The topological polar surface area (TPSA) is 111 Å². The summed E-state index contributed by atoms with van der Waals surface area (Å²) in [6, 6.07) is 5.28. The van der Waals surface area contributed by atoms with Crippen LogP contribution in [0.15, 0.2) is 35.4 Å². The lowest BCUT2D eigenvalue weighted by Crippen LogP contribution is -2.46. The Labute approximate surface area is 178 Å². The standard InChI is InChI=1S/C21H22N8O2/c1-22-10-14-9-18-19(27-20(14)30)26-15(11-24-18)13-28-5-7-29(8-6-28)16-3-4-17(25-12-16)21(31)23-2/h3-4,9,11-12H,5-8,10,13H2,2H3,(H,23,31)(H,26,27,30). The summed E-state index contributed by atoms with van der Waals surface area (Å²) in [5, 5.41) is 2.57. The Morgan fingerprint density at radius 2 is 2.03 bits per heavy atom. The van der Waals surface area contributed by atoms with Crippen molar-refractivity contribution in [3.05, 3.63) is 69.3 Å². The van der Waals surface area contributed by atoms with Crippen molar-refractivity contribution in [2.24, 2.45) is 0 Å². The van der Waals surface area contributed by atoms with Crippen LogP contribution in [0, 0.1) is 6.57 Å². The number of amides is 1. The zero-order chi connectivity index (χ0) is 21.8. The summed E-state index contributed by atoms with van der Waals surface area (Å²) in [6.45, 7) is 11.0. The third kappa shape index (κ3) is 4.51. The third-order valence-corrected chi connectivity index (χ3v) is 5.27. The first-order valence-corrected chi connectivity index (χ1v) is 9.94. The van der Waals surface area contributed by atoms with E-state index < -0.39 is 0 Å². The normalized spacial score (nSPS) is 14.4. The molecule has 2 N–H and O–H groups in total. The van der Waals surface area contributed by atoms with Crippen molar-refractivity contribution >= 4 is 22.8 Å². The molecule has 0 aromatic carbocycles. The number of piperazine rings is 1. The molecular weight excluding hydrogens is 396 g/mol. The summed E-state index contributed by atoms with van der Waals surface area (Å²) in [5.74, 6) is -0.197. The van der Waals surface area contributed by atoms with Gasteiger partial charge in [0, 0.05) is 39.8 Å². The highest BCUT2D eigenvalue weighted by atomic mass is 16.1. The van der Waals surface area contributed by atoms with Crippen molar-refractivity contribution in [2.45, 2.75) is 13.1 Å². The fraction of sp³-hybridized carbons (Fsp3) is 0.333. The van der Waals surface area contributed by atoms with E-state index in [0.29, 0.717) is 29.0 Å². The van der Waals surface area contributed by atoms with E-state index in [0.717, 1.165) is 37.6 Å². The zero-order valence-corrected chi connectivity index (χ0v) is 17.1. The highest BCUT2D eigenvalue weighted by Crippen LogP contribution is 2.17. The molecule has 0 aliphatic carbocycles. The van der Waals surface area contributed by atoms with Gasteiger partial charge in [-0.3, -0.25) is 19.5 Å². The van der Waals surface area contributed by atoms with Crippen molar-refractivity contribution in [1.29, 1.82) is 0 Å². The van der Waals surface area contributed by atoms with Crippen molar-refractivity contribution < 1.29 is 4.79 Å². The number of carbonyl (C=O) groups is 1. The van der Waals surface area contributed by atoms with Crippen LogP contribution in [0.5, 0.6) is 0 Å². The van der Waals surface area contributed by atoms with Crippen LogP contribution in [-0.2, 0) is 13.1 Å². The number of nitrogens with zero attached hydrogens (tertiary/aromatic N) is 6. The monoisotopic (exact) mass is 418 g/mol. The van der Waals surface area contributed by atoms with Gasteiger partial charge in [0.15, 0.2) is 5.65 Å². The number of anilines is 1. The van der Waals surface area contributed by atoms with Gasteiger partial charge in [0.2, 0.25) is 6.54 Å². The summed E-state index contributed by atoms with van der Waals surface area (Å²) >= 11 is 0. The maximum absolute atomic E-state index is 12.1. The smallest absolute Gasteiger partial charge is 0.269 e. The molecule has 3 aromatic rings. The quantitative estimate of drug-likeness (QED) is 0.590. The predicted molar refractivity (Wildman–Crippen MR) is 116 cm³/mol. The first-order chi connectivity index (χ1) is 15.1. The lowest BCUT2D eigenvalue weighted by molar-refractivity contribution is 0.0958. The van der Waals surface area contributed by atoms with E-state index in [1.807, 2.05) is 6.07 Å². The van der Waals surface area contributed by atoms with Gasteiger partial charge in [-0.25, -0.2) is 16.5 Å². The maximum Gasteiger partial charge on any atom is 0.269 e. The molecule has 10 heteroatoms. The van der Waals surface area contributed by atoms with Crippen molar-refractivity contribution in [2.75, 3.05) is 38.1 Å². The zero-order valence-electron chi connectivity index (χ0n) is 17.1. The molecule has 1 fully saturated rings. The molecule has 0 spiro atoms. The van der Waals surface area contributed by atoms with Crippen molar-refractivity contribution in [3.8, 4) is 0 Å². The van der Waals surface area contributed by atoms with E-state index in [1.165, 1.54) is 0 Å². The minimum atomic E-state index is -0.292. The lowest BCUT2D eigenvalue weighted by atomic mass is 10.2. The summed E-state index contributed by atoms with van der Waals surface area (Å²) in [5.41, 5.74) is 3.31. The Morgan fingerprint density at radius 1 is 1.23 bits per heavy atom. The van der Waals surface area contributed by atoms with Gasteiger partial charge < -0.3 is 20.0 Å². The molecule has 1 saturated heterocycles. The van der Waals surface area contributed by atoms with Crippen LogP contribution >= 0.6 is 0 Å². The van der Waals surface area contributed by atoms with E-state index in [-0.39, 0.29) is 18.0 Å². The molecule has 0 atom stereocenters. The minimum Gasteiger partial charge on any atom is -0.368 e. The van der Waals surface area contributed by atoms with Gasteiger partial charge in [0.25, 0.3) is 11.5 Å². The molecule has 0 radical (unpaired) electrons. The van der Waals surface area contributed by atoms with E-state index in [2.05, 4.69) is 39.9 Å². The number of rotatable bonds is 5. The molecule has 31 heavy (non-hydrogen) atoms. The second-order valence-electron chi connectivity index (χ2n) is 7.28. The van der Waals surface area contributed by atoms with E-state index >= 15 is 0 Å². The lowest BCUT2D eigenvalue weighted by Gasteiger charge is -2.35. The van der Waals surface area contributed by atoms with Gasteiger partial charge in [-0.2, -0.15) is 0 Å². The van der Waals surface area contributed by atoms with E-state index in [1.54, 1.807) is 31.6 Å². The first kappa shape index (κ1) is 20.4. The Kier molecular flexibility index (Phi) is 5.86.